The van der Waals surface area contributed by atoms with E-state index in [2.05, 4.69) is 25.6 Å². The molecule has 0 saturated carbocycles. The van der Waals surface area contributed by atoms with E-state index in [4.69, 9.17) is 5.26 Å². The fourth-order valence-corrected chi connectivity index (χ4v) is 6.26. The molecule has 2 aromatic heterocycles. The monoisotopic (exact) mass is 485 g/mol. The van der Waals surface area contributed by atoms with Gasteiger partial charge in [0.15, 0.2) is 9.84 Å². The molecule has 5 rings (SSSR count). The van der Waals surface area contributed by atoms with Crippen LogP contribution in [0.5, 0.6) is 0 Å². The average molecular weight is 486 g/mol. The predicted molar refractivity (Wildman–Crippen MR) is 136 cm³/mol. The van der Waals surface area contributed by atoms with Crippen molar-refractivity contribution in [3.05, 3.63) is 83.3 Å². The Kier molecular flexibility index (Phi) is 6.03. The van der Waals surface area contributed by atoms with Crippen molar-refractivity contribution in [2.24, 2.45) is 7.05 Å². The molecule has 4 aromatic rings. The van der Waals surface area contributed by atoms with Gasteiger partial charge in [-0.05, 0) is 72.7 Å². The molecule has 1 aliphatic heterocycles. The first-order chi connectivity index (χ1) is 16.8. The van der Waals surface area contributed by atoms with Crippen molar-refractivity contribution >= 4 is 26.7 Å². The van der Waals surface area contributed by atoms with Gasteiger partial charge in [-0.3, -0.25) is 0 Å². The number of aryl methyl sites for hydroxylation is 2. The molecular formula is C27H27N5O2S. The molecule has 0 aliphatic carbocycles. The Morgan fingerprint density at radius 1 is 1.09 bits per heavy atom. The minimum Gasteiger partial charge on any atom is -0.350 e. The molecule has 8 heteroatoms. The Bertz CT molecular complexity index is 1530. The highest BCUT2D eigenvalue weighted by molar-refractivity contribution is 7.90. The number of rotatable bonds is 5. The zero-order chi connectivity index (χ0) is 24.6. The Hall–Kier alpha value is -3.70. The van der Waals surface area contributed by atoms with Crippen molar-refractivity contribution in [2.45, 2.75) is 36.3 Å². The molecular weight excluding hydrogens is 458 g/mol. The van der Waals surface area contributed by atoms with E-state index in [1.807, 2.05) is 50.6 Å². The van der Waals surface area contributed by atoms with E-state index in [9.17, 15) is 8.42 Å². The SMILES string of the molecule is Cc1cnc(N2CCC(c3cn(C)c4ccc(CS(=O)(=O)c5cccc(C#N)c5)cc34)CC2)nc1. The summed E-state index contributed by atoms with van der Waals surface area (Å²) in [6.07, 6.45) is 7.86. The minimum atomic E-state index is -3.56. The summed E-state index contributed by atoms with van der Waals surface area (Å²) in [6.45, 7) is 3.75. The first kappa shape index (κ1) is 23.1. The summed E-state index contributed by atoms with van der Waals surface area (Å²) in [4.78, 5) is 11.3. The lowest BCUT2D eigenvalue weighted by Gasteiger charge is -2.32. The van der Waals surface area contributed by atoms with Crippen LogP contribution in [0.3, 0.4) is 0 Å². The smallest absolute Gasteiger partial charge is 0.225 e. The summed E-state index contributed by atoms with van der Waals surface area (Å²) in [5.41, 5.74) is 4.50. The summed E-state index contributed by atoms with van der Waals surface area (Å²) in [5, 5.41) is 10.2. The van der Waals surface area contributed by atoms with Crippen molar-refractivity contribution < 1.29 is 8.42 Å². The van der Waals surface area contributed by atoms with Crippen LogP contribution in [0, 0.1) is 18.3 Å². The Morgan fingerprint density at radius 2 is 1.83 bits per heavy atom. The second kappa shape index (κ2) is 9.16. The van der Waals surface area contributed by atoms with Gasteiger partial charge < -0.3 is 9.47 Å². The maximum atomic E-state index is 13.1. The number of anilines is 1. The number of piperidine rings is 1. The highest BCUT2D eigenvalue weighted by atomic mass is 32.2. The third-order valence-electron chi connectivity index (χ3n) is 6.75. The number of hydrogen-bond acceptors (Lipinski definition) is 6. The number of sulfone groups is 1. The van der Waals surface area contributed by atoms with Crippen LogP contribution in [-0.2, 0) is 22.6 Å². The maximum Gasteiger partial charge on any atom is 0.225 e. The van der Waals surface area contributed by atoms with E-state index in [1.54, 1.807) is 18.2 Å². The summed E-state index contributed by atoms with van der Waals surface area (Å²) in [7, 11) is -1.53. The van der Waals surface area contributed by atoms with Crippen molar-refractivity contribution in [1.82, 2.24) is 14.5 Å². The standard InChI is InChI=1S/C27H27N5O2S/c1-19-15-29-27(30-16-19)32-10-8-22(9-11-32)25-17-31(2)26-7-6-21(13-24(25)26)18-35(33,34)23-5-3-4-20(12-23)14-28/h3-7,12-13,15-17,22H,8-11,18H2,1-2H3. The van der Waals surface area contributed by atoms with Crippen LogP contribution in [0.25, 0.3) is 10.9 Å². The molecule has 0 atom stereocenters. The summed E-state index contributed by atoms with van der Waals surface area (Å²) in [5.74, 6) is 1.06. The number of fused-ring (bicyclic) bond motifs is 1. The van der Waals surface area contributed by atoms with Gasteiger partial charge in [0.2, 0.25) is 5.95 Å². The molecule has 1 aliphatic rings. The number of hydrogen-bond donors (Lipinski definition) is 0. The van der Waals surface area contributed by atoms with Gasteiger partial charge in [0.1, 0.15) is 0 Å². The van der Waals surface area contributed by atoms with Gasteiger partial charge in [0, 0.05) is 49.6 Å². The molecule has 1 fully saturated rings. The van der Waals surface area contributed by atoms with E-state index in [0.29, 0.717) is 11.5 Å². The molecule has 178 valence electrons. The molecule has 0 radical (unpaired) electrons. The van der Waals surface area contributed by atoms with Gasteiger partial charge in [0.05, 0.1) is 22.3 Å². The highest BCUT2D eigenvalue weighted by Crippen LogP contribution is 2.35. The van der Waals surface area contributed by atoms with Gasteiger partial charge in [0.25, 0.3) is 0 Å². The fraction of sp³-hybridized carbons (Fsp3) is 0.296. The van der Waals surface area contributed by atoms with E-state index in [0.717, 1.165) is 53.9 Å². The number of nitriles is 1. The molecule has 2 aromatic carbocycles. The van der Waals surface area contributed by atoms with Gasteiger partial charge in [-0.15, -0.1) is 0 Å². The highest BCUT2D eigenvalue weighted by Gasteiger charge is 2.25. The first-order valence-electron chi connectivity index (χ1n) is 11.7. The lowest BCUT2D eigenvalue weighted by molar-refractivity contribution is 0.501. The maximum absolute atomic E-state index is 13.1. The summed E-state index contributed by atoms with van der Waals surface area (Å²) < 4.78 is 28.2. The van der Waals surface area contributed by atoms with E-state index < -0.39 is 9.84 Å². The third-order valence-corrected chi connectivity index (χ3v) is 8.43. The van der Waals surface area contributed by atoms with E-state index >= 15 is 0 Å². The Labute approximate surface area is 205 Å². The van der Waals surface area contributed by atoms with Crippen molar-refractivity contribution in [2.75, 3.05) is 18.0 Å². The van der Waals surface area contributed by atoms with Crippen LogP contribution < -0.4 is 4.90 Å². The zero-order valence-electron chi connectivity index (χ0n) is 19.8. The van der Waals surface area contributed by atoms with Crippen LogP contribution in [-0.4, -0.2) is 36.0 Å². The van der Waals surface area contributed by atoms with Gasteiger partial charge >= 0.3 is 0 Å². The lowest BCUT2D eigenvalue weighted by atomic mass is 9.89. The van der Waals surface area contributed by atoms with Crippen LogP contribution in [0.2, 0.25) is 0 Å². The van der Waals surface area contributed by atoms with Gasteiger partial charge in [-0.2, -0.15) is 5.26 Å². The molecule has 0 spiro atoms. The Balaban J connectivity index is 1.39. The topological polar surface area (TPSA) is 91.9 Å². The number of aromatic nitrogens is 3. The van der Waals surface area contributed by atoms with Crippen LogP contribution in [0.4, 0.5) is 5.95 Å². The van der Waals surface area contributed by atoms with Crippen LogP contribution in [0.1, 0.15) is 41.0 Å². The molecule has 1 saturated heterocycles. The number of benzene rings is 2. The average Bonchev–Trinajstić information content (AvgIpc) is 3.20. The largest absolute Gasteiger partial charge is 0.350 e. The third kappa shape index (κ3) is 4.64. The second-order valence-electron chi connectivity index (χ2n) is 9.27. The normalized spacial score (nSPS) is 14.8. The molecule has 0 N–H and O–H groups in total. The summed E-state index contributed by atoms with van der Waals surface area (Å²) in [6, 6.07) is 14.1. The first-order valence-corrected chi connectivity index (χ1v) is 13.3. The van der Waals surface area contributed by atoms with Crippen LogP contribution >= 0.6 is 0 Å². The minimum absolute atomic E-state index is 0.102. The van der Waals surface area contributed by atoms with Crippen molar-refractivity contribution in [3.63, 3.8) is 0 Å². The van der Waals surface area contributed by atoms with Gasteiger partial charge in [-0.25, -0.2) is 18.4 Å². The van der Waals surface area contributed by atoms with Gasteiger partial charge in [-0.1, -0.05) is 12.1 Å². The van der Waals surface area contributed by atoms with Crippen LogP contribution in [0.15, 0.2) is 66.0 Å². The van der Waals surface area contributed by atoms with E-state index in [-0.39, 0.29) is 10.6 Å². The zero-order valence-corrected chi connectivity index (χ0v) is 20.7. The molecule has 7 nitrogen and oxygen atoms in total. The predicted octanol–water partition coefficient (Wildman–Crippen LogP) is 4.51. The molecule has 0 unspecified atom stereocenters. The summed E-state index contributed by atoms with van der Waals surface area (Å²) >= 11 is 0. The molecule has 3 heterocycles. The van der Waals surface area contributed by atoms with Crippen molar-refractivity contribution in [1.29, 1.82) is 5.26 Å². The Morgan fingerprint density at radius 3 is 2.54 bits per heavy atom. The molecule has 0 bridgehead atoms. The van der Waals surface area contributed by atoms with Crippen molar-refractivity contribution in [3.8, 4) is 6.07 Å². The lowest BCUT2D eigenvalue weighted by Crippen LogP contribution is -2.34. The number of nitrogens with zero attached hydrogens (tertiary/aromatic N) is 5. The second-order valence-corrected chi connectivity index (χ2v) is 11.3. The van der Waals surface area contributed by atoms with E-state index in [1.165, 1.54) is 11.6 Å². The fourth-order valence-electron chi connectivity index (χ4n) is 4.89. The molecule has 0 amide bonds. The molecule has 35 heavy (non-hydrogen) atoms. The quantitative estimate of drug-likeness (QED) is 0.413.